The predicted molar refractivity (Wildman–Crippen MR) is 134 cm³/mol. The first kappa shape index (κ1) is 23.2. The van der Waals surface area contributed by atoms with Gasteiger partial charge in [-0.2, -0.15) is 0 Å². The van der Waals surface area contributed by atoms with E-state index in [1.54, 1.807) is 23.5 Å². The molecular formula is C26H28FN3O2S2. The topological polar surface area (TPSA) is 43.9 Å². The molecule has 1 aromatic carbocycles. The number of carbonyl (C=O) groups excluding carboxylic acids is 2. The highest BCUT2D eigenvalue weighted by molar-refractivity contribution is 7.12. The van der Waals surface area contributed by atoms with Crippen LogP contribution in [0.2, 0.25) is 0 Å². The molecular weight excluding hydrogens is 469 g/mol. The molecule has 0 bridgehead atoms. The van der Waals surface area contributed by atoms with Crippen LogP contribution in [0, 0.1) is 5.82 Å². The third kappa shape index (κ3) is 4.67. The third-order valence-electron chi connectivity index (χ3n) is 6.82. The van der Waals surface area contributed by atoms with E-state index < -0.39 is 0 Å². The number of thiophene rings is 2. The number of benzene rings is 1. The summed E-state index contributed by atoms with van der Waals surface area (Å²) >= 11 is 3.20. The van der Waals surface area contributed by atoms with Crippen LogP contribution in [-0.2, 0) is 11.2 Å². The van der Waals surface area contributed by atoms with Crippen LogP contribution < -0.4 is 0 Å². The van der Waals surface area contributed by atoms with Crippen LogP contribution in [0.4, 0.5) is 4.39 Å². The highest BCUT2D eigenvalue weighted by Crippen LogP contribution is 2.38. The molecule has 178 valence electrons. The number of rotatable bonds is 5. The predicted octanol–water partition coefficient (Wildman–Crippen LogP) is 4.66. The van der Waals surface area contributed by atoms with Crippen LogP contribution in [0.5, 0.6) is 0 Å². The van der Waals surface area contributed by atoms with E-state index in [4.69, 9.17) is 0 Å². The van der Waals surface area contributed by atoms with E-state index in [0.29, 0.717) is 32.6 Å². The van der Waals surface area contributed by atoms with E-state index in [1.165, 1.54) is 27.8 Å². The van der Waals surface area contributed by atoms with Crippen LogP contribution >= 0.6 is 22.7 Å². The number of hydrogen-bond donors (Lipinski definition) is 0. The van der Waals surface area contributed by atoms with Gasteiger partial charge in [-0.15, -0.1) is 22.7 Å². The average molecular weight is 498 g/mol. The molecule has 0 spiro atoms. The van der Waals surface area contributed by atoms with Crippen molar-refractivity contribution in [3.63, 3.8) is 0 Å². The van der Waals surface area contributed by atoms with E-state index in [2.05, 4.69) is 16.3 Å². The van der Waals surface area contributed by atoms with Gasteiger partial charge in [0, 0.05) is 50.1 Å². The van der Waals surface area contributed by atoms with Crippen LogP contribution in [0.25, 0.3) is 0 Å². The summed E-state index contributed by atoms with van der Waals surface area (Å²) in [7, 11) is 0. The van der Waals surface area contributed by atoms with E-state index in [0.717, 1.165) is 23.4 Å². The zero-order valence-electron chi connectivity index (χ0n) is 19.2. The molecule has 1 fully saturated rings. The van der Waals surface area contributed by atoms with Crippen LogP contribution in [-0.4, -0.2) is 65.3 Å². The van der Waals surface area contributed by atoms with E-state index in [1.807, 2.05) is 40.3 Å². The van der Waals surface area contributed by atoms with Crippen molar-refractivity contribution in [2.24, 2.45) is 0 Å². The Morgan fingerprint density at radius 3 is 2.71 bits per heavy atom. The Bertz CT molecular complexity index is 1160. The lowest BCUT2D eigenvalue weighted by molar-refractivity contribution is -0.134. The number of carbonyl (C=O) groups is 2. The fourth-order valence-electron chi connectivity index (χ4n) is 5.10. The van der Waals surface area contributed by atoms with Crippen molar-refractivity contribution in [3.05, 3.63) is 79.9 Å². The number of fused-ring (bicyclic) bond motifs is 1. The van der Waals surface area contributed by atoms with E-state index in [9.17, 15) is 14.0 Å². The summed E-state index contributed by atoms with van der Waals surface area (Å²) in [5, 5.41) is 4.01. The molecule has 0 radical (unpaired) electrons. The fourth-order valence-corrected chi connectivity index (χ4v) is 6.68. The van der Waals surface area contributed by atoms with Gasteiger partial charge in [-0.25, -0.2) is 4.39 Å². The largest absolute Gasteiger partial charge is 0.339 e. The first-order valence-corrected chi connectivity index (χ1v) is 13.4. The molecule has 0 N–H and O–H groups in total. The number of amides is 2. The minimum atomic E-state index is -0.236. The number of piperazine rings is 1. The smallest absolute Gasteiger partial charge is 0.264 e. The molecule has 2 aliphatic heterocycles. The number of nitrogens with zero attached hydrogens (tertiary/aromatic N) is 3. The summed E-state index contributed by atoms with van der Waals surface area (Å²) in [4.78, 5) is 34.0. The fraction of sp³-hybridized carbons (Fsp3) is 0.385. The molecule has 4 heterocycles. The van der Waals surface area contributed by atoms with Crippen molar-refractivity contribution in [2.45, 2.75) is 31.8 Å². The van der Waals surface area contributed by atoms with Gasteiger partial charge in [0.1, 0.15) is 5.82 Å². The van der Waals surface area contributed by atoms with E-state index in [-0.39, 0.29) is 29.7 Å². The zero-order chi connectivity index (χ0) is 23.7. The van der Waals surface area contributed by atoms with Gasteiger partial charge in [0.05, 0.1) is 10.9 Å². The first-order valence-electron chi connectivity index (χ1n) is 11.7. The molecule has 5 rings (SSSR count). The standard InChI is InChI=1S/C26H28FN3O2S2/c1-18-17-29(12-13-30(18)26(32)23-6-3-14-33-23)24(31)8-11-28-10-7-22-21(9-15-34-22)25(28)19-4-2-5-20(27)16-19/h2-6,9,14-16,18,25H,7-8,10-13,17H2,1H3/t18-,25+/m0/s1. The van der Waals surface area contributed by atoms with Gasteiger partial charge in [0.15, 0.2) is 0 Å². The summed E-state index contributed by atoms with van der Waals surface area (Å²) < 4.78 is 14.0. The van der Waals surface area contributed by atoms with Gasteiger partial charge in [-0.1, -0.05) is 18.2 Å². The van der Waals surface area contributed by atoms with Gasteiger partial charge in [0.2, 0.25) is 5.91 Å². The summed E-state index contributed by atoms with van der Waals surface area (Å²) in [5.41, 5.74) is 2.16. The van der Waals surface area contributed by atoms with Gasteiger partial charge in [-0.3, -0.25) is 14.5 Å². The van der Waals surface area contributed by atoms with Gasteiger partial charge in [-0.05, 0) is 59.5 Å². The Labute approximate surface area is 207 Å². The Morgan fingerprint density at radius 2 is 1.94 bits per heavy atom. The van der Waals surface area contributed by atoms with Crippen molar-refractivity contribution >= 4 is 34.5 Å². The summed E-state index contributed by atoms with van der Waals surface area (Å²) in [5.74, 6) is -0.0727. The third-order valence-corrected chi connectivity index (χ3v) is 8.67. The van der Waals surface area contributed by atoms with Gasteiger partial charge < -0.3 is 9.80 Å². The highest BCUT2D eigenvalue weighted by Gasteiger charge is 2.33. The normalized spacial score (nSPS) is 20.9. The van der Waals surface area contributed by atoms with Crippen LogP contribution in [0.3, 0.4) is 0 Å². The van der Waals surface area contributed by atoms with Crippen molar-refractivity contribution in [3.8, 4) is 0 Å². The molecule has 2 amide bonds. The molecule has 34 heavy (non-hydrogen) atoms. The maximum atomic E-state index is 14.0. The maximum absolute atomic E-state index is 14.0. The molecule has 1 saturated heterocycles. The Morgan fingerprint density at radius 1 is 1.06 bits per heavy atom. The summed E-state index contributed by atoms with van der Waals surface area (Å²) in [6.45, 7) is 5.14. The molecule has 2 aromatic heterocycles. The molecule has 0 aliphatic carbocycles. The highest BCUT2D eigenvalue weighted by atomic mass is 32.1. The molecule has 0 saturated carbocycles. The van der Waals surface area contributed by atoms with Crippen LogP contribution in [0.15, 0.2) is 53.2 Å². The molecule has 3 aromatic rings. The molecule has 5 nitrogen and oxygen atoms in total. The molecule has 2 atom stereocenters. The molecule has 2 aliphatic rings. The quantitative estimate of drug-likeness (QED) is 0.515. The lowest BCUT2D eigenvalue weighted by atomic mass is 9.93. The summed E-state index contributed by atoms with van der Waals surface area (Å²) in [6, 6.07) is 12.6. The molecule has 8 heteroatoms. The second-order valence-corrected chi connectivity index (χ2v) is 10.9. The van der Waals surface area contributed by atoms with E-state index >= 15 is 0 Å². The Hall–Kier alpha value is -2.55. The SMILES string of the molecule is C[C@H]1CN(C(=O)CCN2CCc3sccc3[C@H]2c2cccc(F)c2)CCN1C(=O)c1cccs1. The first-order chi connectivity index (χ1) is 16.5. The lowest BCUT2D eigenvalue weighted by Gasteiger charge is -2.40. The van der Waals surface area contributed by atoms with Crippen LogP contribution in [0.1, 0.15) is 45.1 Å². The molecule has 0 unspecified atom stereocenters. The monoisotopic (exact) mass is 497 g/mol. The van der Waals surface area contributed by atoms with Gasteiger partial charge in [0.25, 0.3) is 5.91 Å². The zero-order valence-corrected chi connectivity index (χ0v) is 20.8. The van der Waals surface area contributed by atoms with Crippen molar-refractivity contribution in [1.29, 1.82) is 0 Å². The maximum Gasteiger partial charge on any atom is 0.264 e. The van der Waals surface area contributed by atoms with Crippen molar-refractivity contribution in [1.82, 2.24) is 14.7 Å². The second kappa shape index (κ2) is 9.98. The Kier molecular flexibility index (Phi) is 6.81. The minimum absolute atomic E-state index is 0.0179. The van der Waals surface area contributed by atoms with Gasteiger partial charge >= 0.3 is 0 Å². The lowest BCUT2D eigenvalue weighted by Crippen LogP contribution is -2.55. The summed E-state index contributed by atoms with van der Waals surface area (Å²) in [6.07, 6.45) is 1.37. The Balaban J connectivity index is 1.23. The van der Waals surface area contributed by atoms with Crippen molar-refractivity contribution in [2.75, 3.05) is 32.7 Å². The average Bonchev–Trinajstić information content (AvgIpc) is 3.54. The number of halogens is 1. The minimum Gasteiger partial charge on any atom is -0.339 e. The second-order valence-electron chi connectivity index (χ2n) is 8.96. The number of hydrogen-bond acceptors (Lipinski definition) is 5. The van der Waals surface area contributed by atoms with Crippen molar-refractivity contribution < 1.29 is 14.0 Å².